The first-order chi connectivity index (χ1) is 12.6. The van der Waals surface area contributed by atoms with Gasteiger partial charge in [-0.3, -0.25) is 14.8 Å². The molecule has 2 heterocycles. The molecule has 128 valence electrons. The van der Waals surface area contributed by atoms with Gasteiger partial charge in [0.2, 0.25) is 6.79 Å². The molecule has 1 N–H and O–H groups in total. The first-order valence-corrected chi connectivity index (χ1v) is 7.79. The van der Waals surface area contributed by atoms with E-state index in [4.69, 9.17) is 9.47 Å². The van der Waals surface area contributed by atoms with Crippen LogP contribution in [-0.2, 0) is 0 Å². The van der Waals surface area contributed by atoms with Crippen LogP contribution in [0.3, 0.4) is 0 Å². The van der Waals surface area contributed by atoms with Crippen LogP contribution in [0.25, 0.3) is 21.9 Å². The van der Waals surface area contributed by atoms with Crippen molar-refractivity contribution in [2.45, 2.75) is 0 Å². The van der Waals surface area contributed by atoms with Crippen molar-refractivity contribution in [2.24, 2.45) is 0 Å². The molecule has 7 heteroatoms. The second kappa shape index (κ2) is 5.03. The van der Waals surface area contributed by atoms with Crippen molar-refractivity contribution in [3.8, 4) is 22.6 Å². The van der Waals surface area contributed by atoms with E-state index in [1.807, 2.05) is 0 Å². The molecule has 3 aromatic carbocycles. The third-order valence-electron chi connectivity index (χ3n) is 4.60. The van der Waals surface area contributed by atoms with Crippen molar-refractivity contribution in [3.63, 3.8) is 0 Å². The molecule has 0 saturated heterocycles. The minimum Gasteiger partial charge on any atom is -0.454 e. The second-order valence-electron chi connectivity index (χ2n) is 6.00. The molecule has 2 amide bonds. The molecular weight excluding hydrogens is 341 g/mol. The summed E-state index contributed by atoms with van der Waals surface area (Å²) < 4.78 is 24.4. The maximum atomic E-state index is 13.4. The smallest absolute Gasteiger partial charge is 0.286 e. The quantitative estimate of drug-likeness (QED) is 0.537. The third-order valence-corrected chi connectivity index (χ3v) is 4.60. The number of carbonyl (C=O) groups is 2. The second-order valence-corrected chi connectivity index (χ2v) is 6.00. The number of imide groups is 1. The Morgan fingerprint density at radius 2 is 1.73 bits per heavy atom. The maximum Gasteiger partial charge on any atom is 0.286 e. The highest BCUT2D eigenvalue weighted by molar-refractivity contribution is 6.27. The third kappa shape index (κ3) is 1.83. The van der Waals surface area contributed by atoms with E-state index < -0.39 is 17.6 Å². The van der Waals surface area contributed by atoms with Crippen LogP contribution in [0, 0.1) is 5.82 Å². The molecule has 0 fully saturated rings. The van der Waals surface area contributed by atoms with E-state index in [0.29, 0.717) is 33.4 Å². The largest absolute Gasteiger partial charge is 0.454 e. The number of ether oxygens (including phenoxy) is 2. The number of halogens is 1. The van der Waals surface area contributed by atoms with Crippen LogP contribution in [0.1, 0.15) is 20.7 Å². The van der Waals surface area contributed by atoms with E-state index >= 15 is 0 Å². The zero-order valence-corrected chi connectivity index (χ0v) is 13.2. The van der Waals surface area contributed by atoms with Gasteiger partial charge in [0.1, 0.15) is 5.82 Å². The lowest BCUT2D eigenvalue weighted by atomic mass is 9.90. The number of carbonyl (C=O) groups excluding carboxylic acids is 2. The molecule has 0 aromatic heterocycles. The summed E-state index contributed by atoms with van der Waals surface area (Å²) in [5, 5.41) is 11.1. The number of nitrogens with zero attached hydrogens (tertiary/aromatic N) is 1. The molecule has 26 heavy (non-hydrogen) atoms. The summed E-state index contributed by atoms with van der Waals surface area (Å²) in [4.78, 5) is 24.8. The number of hydrogen-bond donors (Lipinski definition) is 1. The van der Waals surface area contributed by atoms with E-state index in [-0.39, 0.29) is 23.0 Å². The molecular formula is C19H10FNO5. The summed E-state index contributed by atoms with van der Waals surface area (Å²) in [5.41, 5.74) is 1.06. The fourth-order valence-corrected chi connectivity index (χ4v) is 3.46. The Morgan fingerprint density at radius 1 is 0.962 bits per heavy atom. The minimum atomic E-state index is -0.831. The average Bonchev–Trinajstić information content (AvgIpc) is 3.21. The zero-order valence-electron chi connectivity index (χ0n) is 13.2. The molecule has 0 unspecified atom stereocenters. The highest BCUT2D eigenvalue weighted by Crippen LogP contribution is 2.47. The maximum absolute atomic E-state index is 13.4. The molecule has 0 spiro atoms. The van der Waals surface area contributed by atoms with Crippen molar-refractivity contribution in [1.82, 2.24) is 5.06 Å². The monoisotopic (exact) mass is 351 g/mol. The predicted molar refractivity (Wildman–Crippen MR) is 87.8 cm³/mol. The Bertz CT molecular complexity index is 1120. The van der Waals surface area contributed by atoms with Crippen LogP contribution < -0.4 is 9.47 Å². The Kier molecular flexibility index (Phi) is 2.87. The van der Waals surface area contributed by atoms with Crippen LogP contribution in [-0.4, -0.2) is 28.9 Å². The summed E-state index contributed by atoms with van der Waals surface area (Å²) in [6.45, 7) is 0.0351. The number of benzene rings is 3. The summed E-state index contributed by atoms with van der Waals surface area (Å²) in [5.74, 6) is -1.10. The van der Waals surface area contributed by atoms with Gasteiger partial charge >= 0.3 is 0 Å². The molecule has 3 aromatic rings. The van der Waals surface area contributed by atoms with Crippen LogP contribution in [0.5, 0.6) is 11.5 Å². The van der Waals surface area contributed by atoms with Gasteiger partial charge in [0.05, 0.1) is 11.1 Å². The van der Waals surface area contributed by atoms with Gasteiger partial charge in [-0.2, -0.15) is 0 Å². The Morgan fingerprint density at radius 3 is 2.50 bits per heavy atom. The SMILES string of the molecule is O=C1c2cc3ccc4c(c3c(-c3ccc(F)cc3)c2C(=O)N1O)OCO4. The number of rotatable bonds is 1. The zero-order chi connectivity index (χ0) is 18.0. The first-order valence-electron chi connectivity index (χ1n) is 7.79. The lowest BCUT2D eigenvalue weighted by Gasteiger charge is -2.13. The summed E-state index contributed by atoms with van der Waals surface area (Å²) in [7, 11) is 0. The molecule has 0 saturated carbocycles. The summed E-state index contributed by atoms with van der Waals surface area (Å²) in [6.07, 6.45) is 0. The van der Waals surface area contributed by atoms with E-state index in [9.17, 15) is 19.2 Å². The van der Waals surface area contributed by atoms with Gasteiger partial charge in [0.25, 0.3) is 11.8 Å². The normalized spacial score (nSPS) is 15.1. The predicted octanol–water partition coefficient (Wildman–Crippen LogP) is 3.36. The van der Waals surface area contributed by atoms with Crippen molar-refractivity contribution >= 4 is 22.6 Å². The standard InChI is InChI=1S/C19H10FNO5/c20-11-4-1-9(2-5-11)14-15-10(3-6-13-17(15)26-8-25-13)7-12-16(14)19(23)21(24)18(12)22/h1-7,24H,8H2. The van der Waals surface area contributed by atoms with Gasteiger partial charge in [-0.05, 0) is 35.2 Å². The number of amides is 2. The van der Waals surface area contributed by atoms with Crippen molar-refractivity contribution in [1.29, 1.82) is 0 Å². The van der Waals surface area contributed by atoms with Crippen molar-refractivity contribution in [3.05, 3.63) is 59.4 Å². The topological polar surface area (TPSA) is 76.1 Å². The van der Waals surface area contributed by atoms with E-state index in [0.717, 1.165) is 0 Å². The molecule has 0 radical (unpaired) electrons. The highest BCUT2D eigenvalue weighted by atomic mass is 19.1. The van der Waals surface area contributed by atoms with Gasteiger partial charge in [-0.15, -0.1) is 5.06 Å². The fourth-order valence-electron chi connectivity index (χ4n) is 3.46. The van der Waals surface area contributed by atoms with Gasteiger partial charge in [-0.25, -0.2) is 4.39 Å². The fraction of sp³-hybridized carbons (Fsp3) is 0.0526. The van der Waals surface area contributed by atoms with E-state index in [2.05, 4.69) is 0 Å². The Balaban J connectivity index is 1.97. The average molecular weight is 351 g/mol. The van der Waals surface area contributed by atoms with Crippen molar-refractivity contribution < 1.29 is 28.7 Å². The van der Waals surface area contributed by atoms with Gasteiger partial charge in [0.15, 0.2) is 11.5 Å². The van der Waals surface area contributed by atoms with E-state index in [1.54, 1.807) is 12.1 Å². The number of hydrogen-bond acceptors (Lipinski definition) is 5. The number of fused-ring (bicyclic) bond motifs is 4. The van der Waals surface area contributed by atoms with Crippen LogP contribution in [0.15, 0.2) is 42.5 Å². The molecule has 0 aliphatic carbocycles. The Labute approximate surface area is 145 Å². The van der Waals surface area contributed by atoms with Crippen molar-refractivity contribution in [2.75, 3.05) is 6.79 Å². The molecule has 2 aliphatic heterocycles. The van der Waals surface area contributed by atoms with E-state index in [1.165, 1.54) is 30.3 Å². The van der Waals surface area contributed by atoms with Gasteiger partial charge < -0.3 is 9.47 Å². The summed E-state index contributed by atoms with van der Waals surface area (Å²) in [6, 6.07) is 10.5. The first kappa shape index (κ1) is 14.9. The van der Waals surface area contributed by atoms with Crippen LogP contribution in [0.4, 0.5) is 4.39 Å². The molecule has 0 bridgehead atoms. The van der Waals surface area contributed by atoms with Crippen LogP contribution >= 0.6 is 0 Å². The summed E-state index contributed by atoms with van der Waals surface area (Å²) >= 11 is 0. The lowest BCUT2D eigenvalue weighted by Crippen LogP contribution is -2.25. The molecule has 6 nitrogen and oxygen atoms in total. The Hall–Kier alpha value is -3.45. The van der Waals surface area contributed by atoms with Gasteiger partial charge in [-0.1, -0.05) is 18.2 Å². The molecule has 5 rings (SSSR count). The van der Waals surface area contributed by atoms with Crippen LogP contribution in [0.2, 0.25) is 0 Å². The lowest BCUT2D eigenvalue weighted by molar-refractivity contribution is -0.0326. The minimum absolute atomic E-state index is 0.0351. The molecule has 0 atom stereocenters. The highest BCUT2D eigenvalue weighted by Gasteiger charge is 2.39. The molecule has 2 aliphatic rings. The van der Waals surface area contributed by atoms with Gasteiger partial charge in [0, 0.05) is 10.9 Å². The number of hydroxylamine groups is 2.